The SMILES string of the molecule is Nc1ccc(F)c(S(=O)(=O)Nc2cnccn2)c1. The summed E-state index contributed by atoms with van der Waals surface area (Å²) >= 11 is 0. The van der Waals surface area contributed by atoms with E-state index in [0.717, 1.165) is 12.1 Å². The van der Waals surface area contributed by atoms with Crippen molar-refractivity contribution in [3.8, 4) is 0 Å². The standard InChI is InChI=1S/C10H9FN4O2S/c11-8-2-1-7(12)5-9(8)18(16,17)15-10-6-13-3-4-14-10/h1-6H,12H2,(H,14,15). The Morgan fingerprint density at radius 1 is 1.28 bits per heavy atom. The fourth-order valence-corrected chi connectivity index (χ4v) is 2.38. The Labute approximate surface area is 103 Å². The summed E-state index contributed by atoms with van der Waals surface area (Å²) in [6, 6.07) is 3.30. The zero-order valence-corrected chi connectivity index (χ0v) is 9.86. The van der Waals surface area contributed by atoms with Crippen LogP contribution in [-0.4, -0.2) is 18.4 Å². The van der Waals surface area contributed by atoms with E-state index >= 15 is 0 Å². The first-order chi connectivity index (χ1) is 8.49. The topological polar surface area (TPSA) is 98.0 Å². The third-order valence-electron chi connectivity index (χ3n) is 2.05. The second-order valence-electron chi connectivity index (χ2n) is 3.39. The molecule has 0 saturated heterocycles. The Hall–Kier alpha value is -2.22. The zero-order chi connectivity index (χ0) is 13.2. The highest BCUT2D eigenvalue weighted by molar-refractivity contribution is 7.92. The van der Waals surface area contributed by atoms with Crippen molar-refractivity contribution in [2.24, 2.45) is 0 Å². The van der Waals surface area contributed by atoms with Gasteiger partial charge >= 0.3 is 0 Å². The van der Waals surface area contributed by atoms with Crippen molar-refractivity contribution in [3.05, 3.63) is 42.6 Å². The normalized spacial score (nSPS) is 11.2. The Bertz CT molecular complexity index is 661. The molecular formula is C10H9FN4O2S. The number of nitrogen functional groups attached to an aromatic ring is 1. The van der Waals surface area contributed by atoms with Crippen LogP contribution in [0.4, 0.5) is 15.9 Å². The molecule has 8 heteroatoms. The van der Waals surface area contributed by atoms with E-state index in [1.807, 2.05) is 0 Å². The van der Waals surface area contributed by atoms with Gasteiger partial charge in [-0.25, -0.2) is 17.8 Å². The molecule has 0 fully saturated rings. The van der Waals surface area contributed by atoms with Crippen LogP contribution >= 0.6 is 0 Å². The summed E-state index contributed by atoms with van der Waals surface area (Å²) in [5.41, 5.74) is 5.58. The number of anilines is 2. The number of rotatable bonds is 3. The molecule has 1 heterocycles. The number of sulfonamides is 1. The predicted octanol–water partition coefficient (Wildman–Crippen LogP) is 0.999. The van der Waals surface area contributed by atoms with Crippen LogP contribution in [-0.2, 0) is 10.0 Å². The van der Waals surface area contributed by atoms with Crippen molar-refractivity contribution in [1.82, 2.24) is 9.97 Å². The highest BCUT2D eigenvalue weighted by Gasteiger charge is 2.19. The van der Waals surface area contributed by atoms with Crippen molar-refractivity contribution in [1.29, 1.82) is 0 Å². The number of hydrogen-bond acceptors (Lipinski definition) is 5. The predicted molar refractivity (Wildman–Crippen MR) is 63.7 cm³/mol. The highest BCUT2D eigenvalue weighted by Crippen LogP contribution is 2.19. The van der Waals surface area contributed by atoms with Crippen molar-refractivity contribution in [3.63, 3.8) is 0 Å². The summed E-state index contributed by atoms with van der Waals surface area (Å²) in [7, 11) is -4.07. The molecule has 0 spiro atoms. The Kier molecular flexibility index (Phi) is 3.11. The van der Waals surface area contributed by atoms with Gasteiger partial charge in [-0.3, -0.25) is 9.71 Å². The molecular weight excluding hydrogens is 259 g/mol. The van der Waals surface area contributed by atoms with Crippen molar-refractivity contribution < 1.29 is 12.8 Å². The Morgan fingerprint density at radius 3 is 2.72 bits per heavy atom. The van der Waals surface area contributed by atoms with E-state index in [-0.39, 0.29) is 11.5 Å². The first kappa shape index (κ1) is 12.2. The number of nitrogens with one attached hydrogen (secondary N) is 1. The van der Waals surface area contributed by atoms with Crippen LogP contribution in [0.2, 0.25) is 0 Å². The minimum absolute atomic E-state index is 0.000625. The molecule has 2 rings (SSSR count). The molecule has 0 aliphatic heterocycles. The first-order valence-electron chi connectivity index (χ1n) is 4.83. The Morgan fingerprint density at radius 2 is 2.06 bits per heavy atom. The van der Waals surface area contributed by atoms with Crippen LogP contribution in [0.15, 0.2) is 41.7 Å². The third-order valence-corrected chi connectivity index (χ3v) is 3.42. The number of nitrogens with zero attached hydrogens (tertiary/aromatic N) is 2. The van der Waals surface area contributed by atoms with Crippen LogP contribution in [0.25, 0.3) is 0 Å². The second kappa shape index (κ2) is 4.57. The van der Waals surface area contributed by atoms with Gasteiger partial charge in [0.05, 0.1) is 6.20 Å². The summed E-state index contributed by atoms with van der Waals surface area (Å²) in [6.45, 7) is 0. The molecule has 0 bridgehead atoms. The molecule has 18 heavy (non-hydrogen) atoms. The fraction of sp³-hybridized carbons (Fsp3) is 0. The molecule has 0 atom stereocenters. The molecule has 0 aliphatic rings. The molecule has 3 N–H and O–H groups in total. The average Bonchev–Trinajstić information content (AvgIpc) is 2.33. The zero-order valence-electron chi connectivity index (χ0n) is 9.04. The molecule has 6 nitrogen and oxygen atoms in total. The highest BCUT2D eigenvalue weighted by atomic mass is 32.2. The fourth-order valence-electron chi connectivity index (χ4n) is 1.27. The van der Waals surface area contributed by atoms with Gasteiger partial charge in [0.15, 0.2) is 5.82 Å². The lowest BCUT2D eigenvalue weighted by molar-refractivity contribution is 0.570. The van der Waals surface area contributed by atoms with Gasteiger partial charge < -0.3 is 5.73 Å². The molecule has 0 unspecified atom stereocenters. The summed E-state index contributed by atoms with van der Waals surface area (Å²) in [4.78, 5) is 6.90. The van der Waals surface area contributed by atoms with E-state index in [2.05, 4.69) is 14.7 Å². The molecule has 1 aromatic heterocycles. The molecule has 0 amide bonds. The van der Waals surface area contributed by atoms with Gasteiger partial charge in [-0.2, -0.15) is 0 Å². The van der Waals surface area contributed by atoms with Crippen LogP contribution in [0.1, 0.15) is 0 Å². The lowest BCUT2D eigenvalue weighted by atomic mass is 10.3. The monoisotopic (exact) mass is 268 g/mol. The number of benzene rings is 1. The van der Waals surface area contributed by atoms with Gasteiger partial charge in [0.1, 0.15) is 10.7 Å². The summed E-state index contributed by atoms with van der Waals surface area (Å²) in [5, 5.41) is 0. The smallest absolute Gasteiger partial charge is 0.266 e. The lowest BCUT2D eigenvalue weighted by Gasteiger charge is -2.08. The van der Waals surface area contributed by atoms with E-state index < -0.39 is 20.7 Å². The molecule has 2 aromatic rings. The maximum Gasteiger partial charge on any atom is 0.266 e. The van der Waals surface area contributed by atoms with Crippen LogP contribution < -0.4 is 10.5 Å². The quantitative estimate of drug-likeness (QED) is 0.809. The first-order valence-corrected chi connectivity index (χ1v) is 6.31. The molecule has 0 saturated carbocycles. The summed E-state index contributed by atoms with van der Waals surface area (Å²) in [5.74, 6) is -0.889. The van der Waals surface area contributed by atoms with Gasteiger partial charge in [-0.15, -0.1) is 0 Å². The van der Waals surface area contributed by atoms with Crippen LogP contribution in [0.3, 0.4) is 0 Å². The second-order valence-corrected chi connectivity index (χ2v) is 5.04. The van der Waals surface area contributed by atoms with Crippen molar-refractivity contribution in [2.45, 2.75) is 4.90 Å². The van der Waals surface area contributed by atoms with Crippen molar-refractivity contribution in [2.75, 3.05) is 10.5 Å². The average molecular weight is 268 g/mol. The minimum atomic E-state index is -4.07. The van der Waals surface area contributed by atoms with Gasteiger partial charge in [0, 0.05) is 18.1 Å². The maximum absolute atomic E-state index is 13.5. The van der Waals surface area contributed by atoms with E-state index in [4.69, 9.17) is 5.73 Å². The van der Waals surface area contributed by atoms with E-state index in [9.17, 15) is 12.8 Å². The minimum Gasteiger partial charge on any atom is -0.399 e. The summed E-state index contributed by atoms with van der Waals surface area (Å²) in [6.07, 6.45) is 3.91. The van der Waals surface area contributed by atoms with Crippen LogP contribution in [0.5, 0.6) is 0 Å². The number of halogens is 1. The van der Waals surface area contributed by atoms with Gasteiger partial charge in [-0.05, 0) is 18.2 Å². The summed E-state index contributed by atoms with van der Waals surface area (Å²) < 4.78 is 39.4. The number of hydrogen-bond donors (Lipinski definition) is 2. The Balaban J connectivity index is 2.40. The number of nitrogens with two attached hydrogens (primary N) is 1. The van der Waals surface area contributed by atoms with Crippen LogP contribution in [0, 0.1) is 5.82 Å². The van der Waals surface area contributed by atoms with Crippen molar-refractivity contribution >= 4 is 21.5 Å². The molecule has 0 radical (unpaired) electrons. The van der Waals surface area contributed by atoms with Gasteiger partial charge in [-0.1, -0.05) is 0 Å². The van der Waals surface area contributed by atoms with Gasteiger partial charge in [0.2, 0.25) is 0 Å². The van der Waals surface area contributed by atoms with E-state index in [1.54, 1.807) is 0 Å². The van der Waals surface area contributed by atoms with E-state index in [1.165, 1.54) is 24.7 Å². The maximum atomic E-state index is 13.5. The van der Waals surface area contributed by atoms with Gasteiger partial charge in [0.25, 0.3) is 10.0 Å². The third kappa shape index (κ3) is 2.54. The largest absolute Gasteiger partial charge is 0.399 e. The molecule has 1 aromatic carbocycles. The van der Waals surface area contributed by atoms with E-state index in [0.29, 0.717) is 0 Å². The number of aromatic nitrogens is 2. The molecule has 94 valence electrons. The lowest BCUT2D eigenvalue weighted by Crippen LogP contribution is -2.15. The molecule has 0 aliphatic carbocycles.